The Kier molecular flexibility index (Phi) is 3.27. The van der Waals surface area contributed by atoms with Crippen LogP contribution in [0, 0.1) is 0 Å². The number of hydrogen-bond donors (Lipinski definition) is 0. The number of nitrogens with zero attached hydrogens (tertiary/aromatic N) is 3. The van der Waals surface area contributed by atoms with Gasteiger partial charge in [-0.3, -0.25) is 4.79 Å². The summed E-state index contributed by atoms with van der Waals surface area (Å²) in [5.41, 5.74) is 2.58. The Bertz CT molecular complexity index is 733. The van der Waals surface area contributed by atoms with E-state index in [0.29, 0.717) is 0 Å². The summed E-state index contributed by atoms with van der Waals surface area (Å²) >= 11 is 5.26. The van der Waals surface area contributed by atoms with Crippen LogP contribution in [0.25, 0.3) is 0 Å². The van der Waals surface area contributed by atoms with Crippen molar-refractivity contribution in [1.82, 2.24) is 9.88 Å². The van der Waals surface area contributed by atoms with Crippen molar-refractivity contribution in [2.45, 2.75) is 18.8 Å². The molecule has 6 heteroatoms. The number of carbonyl (C=O) groups excluding carboxylic acids is 1. The third-order valence-electron chi connectivity index (χ3n) is 4.73. The zero-order valence-electron chi connectivity index (χ0n) is 12.3. The maximum Gasteiger partial charge on any atom is 0.219 e. The van der Waals surface area contributed by atoms with Crippen molar-refractivity contribution in [3.63, 3.8) is 0 Å². The summed E-state index contributed by atoms with van der Waals surface area (Å²) in [6, 6.07) is 6.45. The first-order chi connectivity index (χ1) is 10.6. The molecule has 1 spiro atoms. The van der Waals surface area contributed by atoms with Crippen molar-refractivity contribution >= 4 is 44.0 Å². The molecule has 114 valence electrons. The molecular formula is C16H16BrN3OS. The Labute approximate surface area is 141 Å². The molecule has 0 radical (unpaired) electrons. The summed E-state index contributed by atoms with van der Waals surface area (Å²) in [6.45, 7) is 4.20. The van der Waals surface area contributed by atoms with Gasteiger partial charge in [0.25, 0.3) is 0 Å². The first-order valence-corrected chi connectivity index (χ1v) is 8.99. The van der Waals surface area contributed by atoms with Gasteiger partial charge in [-0.15, -0.1) is 11.3 Å². The maximum absolute atomic E-state index is 11.8. The van der Waals surface area contributed by atoms with Gasteiger partial charge in [-0.05, 0) is 30.2 Å². The van der Waals surface area contributed by atoms with E-state index in [1.54, 1.807) is 18.3 Å². The Morgan fingerprint density at radius 3 is 2.95 bits per heavy atom. The van der Waals surface area contributed by atoms with E-state index in [2.05, 4.69) is 44.0 Å². The van der Waals surface area contributed by atoms with Crippen LogP contribution in [0.1, 0.15) is 18.9 Å². The number of amides is 1. The fourth-order valence-electron chi connectivity index (χ4n) is 3.65. The van der Waals surface area contributed by atoms with Crippen molar-refractivity contribution < 1.29 is 4.79 Å². The van der Waals surface area contributed by atoms with E-state index in [1.165, 1.54) is 11.3 Å². The molecule has 0 unspecified atom stereocenters. The van der Waals surface area contributed by atoms with Crippen LogP contribution in [-0.4, -0.2) is 35.4 Å². The number of rotatable bonds is 1. The number of fused-ring (bicyclic) bond motifs is 2. The molecule has 0 aliphatic carbocycles. The van der Waals surface area contributed by atoms with Gasteiger partial charge in [-0.2, -0.15) is 0 Å². The first-order valence-electron chi connectivity index (χ1n) is 7.32. The normalized spacial score (nSPS) is 23.4. The fourth-order valence-corrected chi connectivity index (χ4v) is 4.67. The second kappa shape index (κ2) is 5.06. The predicted molar refractivity (Wildman–Crippen MR) is 91.8 cm³/mol. The highest BCUT2D eigenvalue weighted by molar-refractivity contribution is 9.10. The molecule has 1 saturated heterocycles. The van der Waals surface area contributed by atoms with Crippen molar-refractivity contribution in [3.05, 3.63) is 39.8 Å². The molecule has 0 saturated carbocycles. The van der Waals surface area contributed by atoms with Gasteiger partial charge in [0.2, 0.25) is 5.91 Å². The summed E-state index contributed by atoms with van der Waals surface area (Å²) in [4.78, 5) is 20.5. The van der Waals surface area contributed by atoms with Crippen LogP contribution >= 0.6 is 27.3 Å². The molecule has 1 aromatic carbocycles. The molecular weight excluding hydrogens is 362 g/mol. The lowest BCUT2D eigenvalue weighted by atomic mass is 9.81. The van der Waals surface area contributed by atoms with Gasteiger partial charge in [-0.1, -0.05) is 15.9 Å². The van der Waals surface area contributed by atoms with E-state index in [-0.39, 0.29) is 11.3 Å². The minimum Gasteiger partial charge on any atom is -0.342 e. The third kappa shape index (κ3) is 2.08. The van der Waals surface area contributed by atoms with E-state index in [4.69, 9.17) is 0 Å². The number of thiazole rings is 1. The highest BCUT2D eigenvalue weighted by Gasteiger charge is 2.48. The Morgan fingerprint density at radius 2 is 2.27 bits per heavy atom. The number of anilines is 2. The second-order valence-corrected chi connectivity index (χ2v) is 7.82. The smallest absolute Gasteiger partial charge is 0.219 e. The molecule has 3 heterocycles. The topological polar surface area (TPSA) is 36.4 Å². The molecule has 2 aromatic rings. The van der Waals surface area contributed by atoms with Gasteiger partial charge in [-0.25, -0.2) is 4.98 Å². The van der Waals surface area contributed by atoms with E-state index in [0.717, 1.165) is 35.7 Å². The highest BCUT2D eigenvalue weighted by atomic mass is 79.9. The van der Waals surface area contributed by atoms with Crippen molar-refractivity contribution in [2.75, 3.05) is 24.5 Å². The number of likely N-dealkylation sites (tertiary alicyclic amines) is 1. The van der Waals surface area contributed by atoms with Crippen LogP contribution in [0.4, 0.5) is 10.8 Å². The summed E-state index contributed by atoms with van der Waals surface area (Å²) in [6.07, 6.45) is 2.86. The molecule has 1 fully saturated rings. The Morgan fingerprint density at radius 1 is 1.41 bits per heavy atom. The highest BCUT2D eigenvalue weighted by Crippen LogP contribution is 2.50. The monoisotopic (exact) mass is 377 g/mol. The zero-order valence-corrected chi connectivity index (χ0v) is 14.7. The molecule has 1 amide bonds. The van der Waals surface area contributed by atoms with Gasteiger partial charge >= 0.3 is 0 Å². The van der Waals surface area contributed by atoms with Gasteiger partial charge in [0, 0.05) is 53.7 Å². The van der Waals surface area contributed by atoms with Crippen LogP contribution < -0.4 is 4.90 Å². The van der Waals surface area contributed by atoms with Crippen LogP contribution in [-0.2, 0) is 10.2 Å². The molecule has 2 aliphatic rings. The lowest BCUT2D eigenvalue weighted by Gasteiger charge is -2.25. The summed E-state index contributed by atoms with van der Waals surface area (Å²) in [5.74, 6) is 0.168. The van der Waals surface area contributed by atoms with Crippen LogP contribution in [0.3, 0.4) is 0 Å². The molecule has 22 heavy (non-hydrogen) atoms. The second-order valence-electron chi connectivity index (χ2n) is 6.03. The average Bonchev–Trinajstić information content (AvgIpc) is 3.20. The summed E-state index contributed by atoms with van der Waals surface area (Å²) < 4.78 is 1.09. The SMILES string of the molecule is CC(=O)N1CC[C@]2(C1)CN(c1nccs1)c1ccc(Br)cc12. The third-order valence-corrected chi connectivity index (χ3v) is 6.02. The van der Waals surface area contributed by atoms with E-state index < -0.39 is 0 Å². The first kappa shape index (κ1) is 14.2. The zero-order chi connectivity index (χ0) is 15.3. The van der Waals surface area contributed by atoms with E-state index in [9.17, 15) is 4.79 Å². The van der Waals surface area contributed by atoms with Crippen molar-refractivity contribution in [3.8, 4) is 0 Å². The number of benzene rings is 1. The van der Waals surface area contributed by atoms with E-state index in [1.807, 2.05) is 16.5 Å². The van der Waals surface area contributed by atoms with Crippen LogP contribution in [0.5, 0.6) is 0 Å². The lowest BCUT2D eigenvalue weighted by molar-refractivity contribution is -0.127. The van der Waals surface area contributed by atoms with Gasteiger partial charge in [0.05, 0.1) is 0 Å². The van der Waals surface area contributed by atoms with Gasteiger partial charge in [0.15, 0.2) is 5.13 Å². The maximum atomic E-state index is 11.8. The number of halogens is 1. The van der Waals surface area contributed by atoms with Gasteiger partial charge in [0.1, 0.15) is 0 Å². The fraction of sp³-hybridized carbons (Fsp3) is 0.375. The largest absolute Gasteiger partial charge is 0.342 e. The molecule has 0 N–H and O–H groups in total. The molecule has 0 bridgehead atoms. The Balaban J connectivity index is 1.80. The number of aromatic nitrogens is 1. The van der Waals surface area contributed by atoms with Crippen molar-refractivity contribution in [1.29, 1.82) is 0 Å². The predicted octanol–water partition coefficient (Wildman–Crippen LogP) is 3.55. The van der Waals surface area contributed by atoms with Gasteiger partial charge < -0.3 is 9.80 Å². The molecule has 4 nitrogen and oxygen atoms in total. The summed E-state index contributed by atoms with van der Waals surface area (Å²) in [7, 11) is 0. The van der Waals surface area contributed by atoms with Crippen LogP contribution in [0.2, 0.25) is 0 Å². The molecule has 4 rings (SSSR count). The minimum absolute atomic E-state index is 0.0243. The molecule has 1 aromatic heterocycles. The molecule has 1 atom stereocenters. The number of carbonyl (C=O) groups is 1. The average molecular weight is 378 g/mol. The lowest BCUT2D eigenvalue weighted by Crippen LogP contribution is -2.36. The minimum atomic E-state index is 0.0243. The quantitative estimate of drug-likeness (QED) is 0.762. The molecule has 2 aliphatic heterocycles. The van der Waals surface area contributed by atoms with Crippen molar-refractivity contribution in [2.24, 2.45) is 0 Å². The van der Waals surface area contributed by atoms with Crippen LogP contribution in [0.15, 0.2) is 34.2 Å². The Hall–Kier alpha value is -1.40. The summed E-state index contributed by atoms with van der Waals surface area (Å²) in [5, 5.41) is 3.04. The standard InChI is InChI=1S/C16H16BrN3OS/c1-11(21)19-6-4-16(9-19)10-20(15-18-5-7-22-15)14-3-2-12(17)8-13(14)16/h2-3,5,7-8H,4,6,9-10H2,1H3/t16-/m0/s1. The van der Waals surface area contributed by atoms with E-state index >= 15 is 0 Å². The number of hydrogen-bond acceptors (Lipinski definition) is 4.